The Hall–Kier alpha value is -0.860. The van der Waals surface area contributed by atoms with Gasteiger partial charge >= 0.3 is 6.18 Å². The third-order valence-electron chi connectivity index (χ3n) is 1.85. The number of hydrogen-bond acceptors (Lipinski definition) is 2. The highest BCUT2D eigenvalue weighted by Gasteiger charge is 2.34. The fraction of sp³-hybridized carbons (Fsp3) is 0.250. The molecule has 3 nitrogen and oxygen atoms in total. The first-order chi connectivity index (χ1) is 6.73. The van der Waals surface area contributed by atoms with Crippen molar-refractivity contribution < 1.29 is 18.1 Å². The molecule has 0 aliphatic heterocycles. The Morgan fingerprint density at radius 1 is 1.40 bits per heavy atom. The van der Waals surface area contributed by atoms with Crippen molar-refractivity contribution in [2.24, 2.45) is 0 Å². The van der Waals surface area contributed by atoms with E-state index in [0.29, 0.717) is 6.07 Å². The third kappa shape index (κ3) is 2.58. The lowest BCUT2D eigenvalue weighted by Gasteiger charge is -2.10. The molecule has 0 aromatic heterocycles. The minimum Gasteiger partial charge on any atom is -0.258 e. The van der Waals surface area contributed by atoms with Crippen molar-refractivity contribution in [3.05, 3.63) is 36.9 Å². The van der Waals surface area contributed by atoms with Crippen LogP contribution in [0, 0.1) is 20.6 Å². The highest BCUT2D eigenvalue weighted by Crippen LogP contribution is 2.36. The summed E-state index contributed by atoms with van der Waals surface area (Å²) in [7, 11) is 0. The predicted octanol–water partition coefficient (Wildman–Crippen LogP) is 3.53. The summed E-state index contributed by atoms with van der Waals surface area (Å²) in [5.41, 5.74) is -1.49. The van der Waals surface area contributed by atoms with E-state index in [1.54, 1.807) is 22.6 Å². The zero-order valence-corrected chi connectivity index (χ0v) is 9.59. The fourth-order valence-electron chi connectivity index (χ4n) is 1.06. The smallest absolute Gasteiger partial charge is 0.258 e. The van der Waals surface area contributed by atoms with Gasteiger partial charge < -0.3 is 0 Å². The molecule has 0 bridgehead atoms. The third-order valence-corrected chi connectivity index (χ3v) is 2.97. The quantitative estimate of drug-likeness (QED) is 0.449. The van der Waals surface area contributed by atoms with E-state index >= 15 is 0 Å². The zero-order valence-electron chi connectivity index (χ0n) is 7.43. The maximum absolute atomic E-state index is 12.4. The van der Waals surface area contributed by atoms with Gasteiger partial charge in [-0.25, -0.2) is 0 Å². The molecule has 1 aromatic rings. The summed E-state index contributed by atoms with van der Waals surface area (Å²) in [5.74, 6) is 0. The van der Waals surface area contributed by atoms with Crippen LogP contribution in [0.1, 0.15) is 11.1 Å². The number of halogens is 4. The summed E-state index contributed by atoms with van der Waals surface area (Å²) in [6.07, 6.45) is -4.56. The molecule has 0 amide bonds. The Kier molecular flexibility index (Phi) is 3.22. The van der Waals surface area contributed by atoms with Crippen LogP contribution in [0.5, 0.6) is 0 Å². The van der Waals surface area contributed by atoms with Crippen LogP contribution in [0.25, 0.3) is 0 Å². The second kappa shape index (κ2) is 3.95. The van der Waals surface area contributed by atoms with Crippen LogP contribution >= 0.6 is 22.6 Å². The molecule has 0 spiro atoms. The van der Waals surface area contributed by atoms with E-state index in [2.05, 4.69) is 0 Å². The zero-order chi connectivity index (χ0) is 11.8. The average molecular weight is 331 g/mol. The minimum absolute atomic E-state index is 0.00806. The Morgan fingerprint density at radius 2 is 1.93 bits per heavy atom. The number of nitrogens with zero attached hydrogens (tertiary/aromatic N) is 1. The molecule has 1 aromatic carbocycles. The first kappa shape index (κ1) is 12.2. The largest absolute Gasteiger partial charge is 0.416 e. The van der Waals surface area contributed by atoms with Gasteiger partial charge in [0.2, 0.25) is 0 Å². The molecule has 0 unspecified atom stereocenters. The summed E-state index contributed by atoms with van der Waals surface area (Å²) in [6, 6.07) is 1.67. The van der Waals surface area contributed by atoms with Crippen LogP contribution in [0.2, 0.25) is 0 Å². The summed E-state index contributed by atoms with van der Waals surface area (Å²) in [5, 5.41) is 10.4. The van der Waals surface area contributed by atoms with Crippen molar-refractivity contribution in [1.29, 1.82) is 0 Å². The first-order valence-electron chi connectivity index (χ1n) is 3.75. The molecule has 0 saturated heterocycles. The molecule has 0 aliphatic rings. The van der Waals surface area contributed by atoms with Crippen molar-refractivity contribution in [3.63, 3.8) is 0 Å². The number of alkyl halides is 3. The molecule has 0 radical (unpaired) electrons. The van der Waals surface area contributed by atoms with E-state index in [1.165, 1.54) is 6.92 Å². The number of nitro groups is 1. The summed E-state index contributed by atoms with van der Waals surface area (Å²) in [4.78, 5) is 9.54. The van der Waals surface area contributed by atoms with Crippen molar-refractivity contribution >= 4 is 28.3 Å². The molecule has 0 N–H and O–H groups in total. The molecule has 15 heavy (non-hydrogen) atoms. The predicted molar refractivity (Wildman–Crippen MR) is 55.6 cm³/mol. The molecular weight excluding hydrogens is 326 g/mol. The van der Waals surface area contributed by atoms with Gasteiger partial charge in [-0.15, -0.1) is 0 Å². The Bertz CT molecular complexity index is 417. The lowest BCUT2D eigenvalue weighted by molar-refractivity contribution is -0.385. The molecular formula is C8H5F3INO2. The van der Waals surface area contributed by atoms with Gasteiger partial charge in [0.15, 0.2) is 0 Å². The van der Waals surface area contributed by atoms with Gasteiger partial charge in [0.05, 0.1) is 10.5 Å². The van der Waals surface area contributed by atoms with Crippen molar-refractivity contribution in [2.45, 2.75) is 13.1 Å². The van der Waals surface area contributed by atoms with E-state index in [9.17, 15) is 23.3 Å². The maximum atomic E-state index is 12.4. The normalized spacial score (nSPS) is 11.5. The Morgan fingerprint density at radius 3 is 2.33 bits per heavy atom. The summed E-state index contributed by atoms with van der Waals surface area (Å²) < 4.78 is 37.6. The second-order valence-corrected chi connectivity index (χ2v) is 4.02. The molecule has 0 heterocycles. The van der Waals surface area contributed by atoms with Crippen LogP contribution in [0.3, 0.4) is 0 Å². The highest BCUT2D eigenvalue weighted by molar-refractivity contribution is 14.1. The van der Waals surface area contributed by atoms with E-state index in [0.717, 1.165) is 6.07 Å². The topological polar surface area (TPSA) is 43.1 Å². The first-order valence-corrected chi connectivity index (χ1v) is 4.83. The molecule has 0 saturated carbocycles. The summed E-state index contributed by atoms with van der Waals surface area (Å²) in [6.45, 7) is 1.29. The number of hydrogen-bond donors (Lipinski definition) is 0. The number of benzene rings is 1. The van der Waals surface area contributed by atoms with Gasteiger partial charge in [-0.3, -0.25) is 10.1 Å². The highest BCUT2D eigenvalue weighted by atomic mass is 127. The lowest BCUT2D eigenvalue weighted by Crippen LogP contribution is -2.09. The average Bonchev–Trinajstić information content (AvgIpc) is 2.06. The number of non-ortho nitro benzene ring substituents is 1. The van der Waals surface area contributed by atoms with E-state index in [-0.39, 0.29) is 9.13 Å². The lowest BCUT2D eigenvalue weighted by atomic mass is 10.1. The van der Waals surface area contributed by atoms with Crippen LogP contribution in [-0.2, 0) is 6.18 Å². The maximum Gasteiger partial charge on any atom is 0.416 e. The molecule has 7 heteroatoms. The van der Waals surface area contributed by atoms with Gasteiger partial charge in [0.1, 0.15) is 0 Å². The van der Waals surface area contributed by atoms with Crippen LogP contribution in [0.4, 0.5) is 18.9 Å². The fourth-order valence-corrected chi connectivity index (χ4v) is 1.67. The standard InChI is InChI=1S/C8H5F3INO2/c1-4-6(8(9,10)11)2-5(13(14)15)3-7(4)12/h2-3H,1H3. The molecule has 82 valence electrons. The Labute approximate surface area is 96.6 Å². The second-order valence-electron chi connectivity index (χ2n) is 2.86. The number of rotatable bonds is 1. The molecule has 0 fully saturated rings. The molecule has 1 rings (SSSR count). The SMILES string of the molecule is Cc1c(I)cc([N+](=O)[O-])cc1C(F)(F)F. The van der Waals surface area contributed by atoms with Crippen LogP contribution in [-0.4, -0.2) is 4.92 Å². The van der Waals surface area contributed by atoms with E-state index < -0.39 is 22.4 Å². The van der Waals surface area contributed by atoms with Gasteiger partial charge in [-0.1, -0.05) is 0 Å². The van der Waals surface area contributed by atoms with E-state index in [4.69, 9.17) is 0 Å². The van der Waals surface area contributed by atoms with E-state index in [1.807, 2.05) is 0 Å². The summed E-state index contributed by atoms with van der Waals surface area (Å²) >= 11 is 1.64. The minimum atomic E-state index is -4.56. The van der Waals surface area contributed by atoms with Crippen LogP contribution < -0.4 is 0 Å². The van der Waals surface area contributed by atoms with Gasteiger partial charge in [-0.05, 0) is 35.1 Å². The van der Waals surface area contributed by atoms with Crippen LogP contribution in [0.15, 0.2) is 12.1 Å². The van der Waals surface area contributed by atoms with Crippen molar-refractivity contribution in [3.8, 4) is 0 Å². The monoisotopic (exact) mass is 331 g/mol. The Balaban J connectivity index is 3.45. The number of nitro benzene ring substituents is 1. The molecule has 0 atom stereocenters. The molecule has 0 aliphatic carbocycles. The van der Waals surface area contributed by atoms with Gasteiger partial charge in [0.25, 0.3) is 5.69 Å². The van der Waals surface area contributed by atoms with Crippen molar-refractivity contribution in [2.75, 3.05) is 0 Å². The van der Waals surface area contributed by atoms with Gasteiger partial charge in [-0.2, -0.15) is 13.2 Å². The van der Waals surface area contributed by atoms with Gasteiger partial charge in [0, 0.05) is 15.7 Å². The van der Waals surface area contributed by atoms with Crippen molar-refractivity contribution in [1.82, 2.24) is 0 Å².